The van der Waals surface area contributed by atoms with Crippen molar-refractivity contribution in [1.82, 2.24) is 9.88 Å². The van der Waals surface area contributed by atoms with E-state index in [9.17, 15) is 0 Å². The third kappa shape index (κ3) is 2.79. The van der Waals surface area contributed by atoms with Crippen molar-refractivity contribution >= 4 is 15.9 Å². The van der Waals surface area contributed by atoms with Crippen molar-refractivity contribution < 1.29 is 4.42 Å². The number of aromatic nitrogens is 1. The molecule has 1 unspecified atom stereocenters. The Bertz CT molecular complexity index is 644. The maximum atomic E-state index is 6.14. The molecular weight excluding hydrogens is 328 g/mol. The van der Waals surface area contributed by atoms with Crippen LogP contribution in [0.15, 0.2) is 27.1 Å². The van der Waals surface area contributed by atoms with Crippen molar-refractivity contribution in [1.29, 1.82) is 0 Å². The van der Waals surface area contributed by atoms with Gasteiger partial charge in [-0.3, -0.25) is 4.90 Å². The van der Waals surface area contributed by atoms with Crippen molar-refractivity contribution in [2.45, 2.75) is 39.7 Å². The van der Waals surface area contributed by atoms with E-state index in [4.69, 9.17) is 4.42 Å². The van der Waals surface area contributed by atoms with Gasteiger partial charge in [0.2, 0.25) is 5.89 Å². The van der Waals surface area contributed by atoms with Crippen LogP contribution in [0.5, 0.6) is 0 Å². The highest BCUT2D eigenvalue weighted by atomic mass is 79.9. The number of rotatable bonds is 3. The quantitative estimate of drug-likeness (QED) is 0.791. The Balaban J connectivity index is 1.95. The summed E-state index contributed by atoms with van der Waals surface area (Å²) < 4.78 is 7.22. The summed E-state index contributed by atoms with van der Waals surface area (Å²) in [5.41, 5.74) is 3.23. The molecule has 0 saturated carbocycles. The van der Waals surface area contributed by atoms with Crippen LogP contribution >= 0.6 is 15.9 Å². The largest absolute Gasteiger partial charge is 0.439 e. The van der Waals surface area contributed by atoms with Gasteiger partial charge in [0.05, 0.1) is 11.7 Å². The Kier molecular flexibility index (Phi) is 4.18. The van der Waals surface area contributed by atoms with Crippen molar-refractivity contribution in [2.24, 2.45) is 0 Å². The van der Waals surface area contributed by atoms with Gasteiger partial charge in [-0.15, -0.1) is 0 Å². The fraction of sp³-hybridized carbons (Fsp3) is 0.471. The zero-order valence-corrected chi connectivity index (χ0v) is 14.4. The first-order valence-corrected chi connectivity index (χ1v) is 8.34. The van der Waals surface area contributed by atoms with E-state index < -0.39 is 0 Å². The number of nitrogens with zero attached hydrogens (tertiary/aromatic N) is 2. The predicted octanol–water partition coefficient (Wildman–Crippen LogP) is 4.88. The summed E-state index contributed by atoms with van der Waals surface area (Å²) in [7, 11) is 0. The lowest BCUT2D eigenvalue weighted by Crippen LogP contribution is -2.23. The Hall–Kier alpha value is -1.13. The van der Waals surface area contributed by atoms with Crippen LogP contribution < -0.4 is 0 Å². The van der Waals surface area contributed by atoms with E-state index in [0.717, 1.165) is 40.5 Å². The SMILES string of the molecule is Cc1nc(-c2cccc(Br)c2C)oc1C(C)N1CCCC1. The Labute approximate surface area is 134 Å². The van der Waals surface area contributed by atoms with Crippen LogP contribution in [0.25, 0.3) is 11.5 Å². The molecule has 1 fully saturated rings. The molecule has 21 heavy (non-hydrogen) atoms. The Morgan fingerprint density at radius 3 is 2.67 bits per heavy atom. The third-order valence-corrected chi connectivity index (χ3v) is 5.26. The monoisotopic (exact) mass is 348 g/mol. The lowest BCUT2D eigenvalue weighted by molar-refractivity contribution is 0.232. The van der Waals surface area contributed by atoms with Crippen LogP contribution in [0.2, 0.25) is 0 Å². The van der Waals surface area contributed by atoms with E-state index in [1.807, 2.05) is 19.1 Å². The maximum Gasteiger partial charge on any atom is 0.226 e. The molecule has 112 valence electrons. The summed E-state index contributed by atoms with van der Waals surface area (Å²) in [5, 5.41) is 0. The minimum atomic E-state index is 0.307. The van der Waals surface area contributed by atoms with Gasteiger partial charge in [-0.2, -0.15) is 0 Å². The lowest BCUT2D eigenvalue weighted by atomic mass is 10.1. The van der Waals surface area contributed by atoms with Crippen LogP contribution in [0.4, 0.5) is 0 Å². The number of benzene rings is 1. The van der Waals surface area contributed by atoms with Gasteiger partial charge in [0, 0.05) is 10.0 Å². The molecule has 2 heterocycles. The van der Waals surface area contributed by atoms with E-state index in [-0.39, 0.29) is 0 Å². The van der Waals surface area contributed by atoms with Gasteiger partial charge in [0.1, 0.15) is 5.76 Å². The highest BCUT2D eigenvalue weighted by Crippen LogP contribution is 2.33. The van der Waals surface area contributed by atoms with E-state index in [0.29, 0.717) is 6.04 Å². The van der Waals surface area contributed by atoms with E-state index >= 15 is 0 Å². The molecule has 0 N–H and O–H groups in total. The maximum absolute atomic E-state index is 6.14. The first kappa shape index (κ1) is 14.8. The molecule has 3 rings (SSSR count). The second-order valence-corrected chi connectivity index (χ2v) is 6.65. The number of likely N-dealkylation sites (tertiary alicyclic amines) is 1. The standard InChI is InChI=1S/C17H21BrN2O/c1-11-14(7-6-8-15(11)18)17-19-12(2)16(21-17)13(3)20-9-4-5-10-20/h6-8,13H,4-5,9-10H2,1-3H3. The van der Waals surface area contributed by atoms with Gasteiger partial charge in [-0.1, -0.05) is 22.0 Å². The van der Waals surface area contributed by atoms with Crippen LogP contribution in [0, 0.1) is 13.8 Å². The van der Waals surface area contributed by atoms with E-state index in [1.165, 1.54) is 18.4 Å². The minimum absolute atomic E-state index is 0.307. The lowest BCUT2D eigenvalue weighted by Gasteiger charge is -2.21. The predicted molar refractivity (Wildman–Crippen MR) is 88.3 cm³/mol. The Morgan fingerprint density at radius 2 is 1.95 bits per heavy atom. The molecule has 0 spiro atoms. The van der Waals surface area contributed by atoms with Crippen LogP contribution in [-0.4, -0.2) is 23.0 Å². The van der Waals surface area contributed by atoms with Gasteiger partial charge < -0.3 is 4.42 Å². The number of aryl methyl sites for hydroxylation is 1. The van der Waals surface area contributed by atoms with Crippen molar-refractivity contribution in [3.8, 4) is 11.5 Å². The topological polar surface area (TPSA) is 29.3 Å². The highest BCUT2D eigenvalue weighted by Gasteiger charge is 2.25. The number of hydrogen-bond acceptors (Lipinski definition) is 3. The molecule has 1 aliphatic rings. The summed E-state index contributed by atoms with van der Waals surface area (Å²) in [5.74, 6) is 1.73. The summed E-state index contributed by atoms with van der Waals surface area (Å²) in [6.07, 6.45) is 2.57. The molecule has 2 aromatic rings. The Morgan fingerprint density at radius 1 is 1.24 bits per heavy atom. The molecule has 4 heteroatoms. The molecule has 1 saturated heterocycles. The van der Waals surface area contributed by atoms with Gasteiger partial charge in [0.25, 0.3) is 0 Å². The average Bonchev–Trinajstić information content (AvgIpc) is 3.10. The summed E-state index contributed by atoms with van der Waals surface area (Å²) in [6.45, 7) is 8.67. The van der Waals surface area contributed by atoms with Crippen molar-refractivity contribution in [3.63, 3.8) is 0 Å². The normalized spacial score (nSPS) is 17.3. The van der Waals surface area contributed by atoms with E-state index in [2.05, 4.69) is 45.7 Å². The number of hydrogen-bond donors (Lipinski definition) is 0. The average molecular weight is 349 g/mol. The second-order valence-electron chi connectivity index (χ2n) is 5.80. The van der Waals surface area contributed by atoms with Gasteiger partial charge >= 0.3 is 0 Å². The second kappa shape index (κ2) is 5.93. The number of halogens is 1. The molecule has 0 aliphatic carbocycles. The van der Waals surface area contributed by atoms with Crippen LogP contribution in [-0.2, 0) is 0 Å². The highest BCUT2D eigenvalue weighted by molar-refractivity contribution is 9.10. The molecule has 0 amide bonds. The number of oxazole rings is 1. The van der Waals surface area contributed by atoms with Gasteiger partial charge in [-0.05, 0) is 64.4 Å². The molecule has 1 aromatic heterocycles. The van der Waals surface area contributed by atoms with Crippen LogP contribution in [0.3, 0.4) is 0 Å². The fourth-order valence-corrected chi connectivity index (χ4v) is 3.41. The molecule has 3 nitrogen and oxygen atoms in total. The summed E-state index contributed by atoms with van der Waals surface area (Å²) in [4.78, 5) is 7.14. The molecule has 0 bridgehead atoms. The van der Waals surface area contributed by atoms with E-state index in [1.54, 1.807) is 0 Å². The fourth-order valence-electron chi connectivity index (χ4n) is 3.04. The molecular formula is C17H21BrN2O. The smallest absolute Gasteiger partial charge is 0.226 e. The minimum Gasteiger partial charge on any atom is -0.439 e. The molecule has 1 aromatic carbocycles. The molecule has 1 atom stereocenters. The zero-order chi connectivity index (χ0) is 15.0. The van der Waals surface area contributed by atoms with Crippen molar-refractivity contribution in [3.05, 3.63) is 39.7 Å². The summed E-state index contributed by atoms with van der Waals surface area (Å²) >= 11 is 3.57. The first-order chi connectivity index (χ1) is 10.1. The zero-order valence-electron chi connectivity index (χ0n) is 12.8. The van der Waals surface area contributed by atoms with Gasteiger partial charge in [-0.25, -0.2) is 4.98 Å². The first-order valence-electron chi connectivity index (χ1n) is 7.55. The molecule has 1 aliphatic heterocycles. The molecule has 0 radical (unpaired) electrons. The summed E-state index contributed by atoms with van der Waals surface area (Å²) in [6, 6.07) is 6.44. The van der Waals surface area contributed by atoms with Crippen LogP contribution in [0.1, 0.15) is 42.8 Å². The van der Waals surface area contributed by atoms with Gasteiger partial charge in [0.15, 0.2) is 0 Å². The third-order valence-electron chi connectivity index (χ3n) is 4.40. The van der Waals surface area contributed by atoms with Crippen molar-refractivity contribution in [2.75, 3.05) is 13.1 Å².